The summed E-state index contributed by atoms with van der Waals surface area (Å²) in [6.07, 6.45) is 12.0. The minimum absolute atomic E-state index is 0.0848. The van der Waals surface area contributed by atoms with Crippen molar-refractivity contribution >= 4 is 5.91 Å². The molecule has 0 saturated heterocycles. The lowest BCUT2D eigenvalue weighted by molar-refractivity contribution is -0.131. The molecule has 0 aliphatic rings. The molecule has 0 unspecified atom stereocenters. The van der Waals surface area contributed by atoms with Crippen molar-refractivity contribution in [1.29, 1.82) is 0 Å². The number of hydrogen-bond acceptors (Lipinski definition) is 4. The maximum Gasteiger partial charge on any atom is 0.249 e. The molecule has 1 amide bonds. The summed E-state index contributed by atoms with van der Waals surface area (Å²) in [5, 5.41) is 2.94. The van der Waals surface area contributed by atoms with Crippen LogP contribution in [-0.4, -0.2) is 38.9 Å². The van der Waals surface area contributed by atoms with E-state index in [2.05, 4.69) is 36.2 Å². The van der Waals surface area contributed by atoms with E-state index in [1.165, 1.54) is 5.56 Å². The number of carbonyl (C=O) groups is 1. The van der Waals surface area contributed by atoms with Crippen LogP contribution in [0.1, 0.15) is 23.6 Å². The Hall–Kier alpha value is -3.41. The molecule has 0 aromatic heterocycles. The lowest BCUT2D eigenvalue weighted by atomic mass is 10.0. The van der Waals surface area contributed by atoms with Gasteiger partial charge in [-0.25, -0.2) is 0 Å². The van der Waals surface area contributed by atoms with Gasteiger partial charge in [-0.1, -0.05) is 49.1 Å². The zero-order chi connectivity index (χ0) is 22.5. The zero-order valence-electron chi connectivity index (χ0n) is 18.1. The van der Waals surface area contributed by atoms with E-state index in [9.17, 15) is 4.79 Å². The summed E-state index contributed by atoms with van der Waals surface area (Å²) < 4.78 is 16.4. The zero-order valence-corrected chi connectivity index (χ0v) is 18.1. The molecule has 31 heavy (non-hydrogen) atoms. The number of methoxy groups -OCH3 is 1. The first-order chi connectivity index (χ1) is 15.1. The highest BCUT2D eigenvalue weighted by Crippen LogP contribution is 2.28. The van der Waals surface area contributed by atoms with Crippen LogP contribution in [0.3, 0.4) is 0 Å². The second-order valence-electron chi connectivity index (χ2n) is 6.90. The fourth-order valence-electron chi connectivity index (χ4n) is 3.05. The van der Waals surface area contributed by atoms with Gasteiger partial charge in [-0.2, -0.15) is 0 Å². The molecule has 0 aliphatic carbocycles. The molecular formula is C26H29NO4. The largest absolute Gasteiger partial charge is 0.493 e. The van der Waals surface area contributed by atoms with Gasteiger partial charge in [0.25, 0.3) is 0 Å². The lowest BCUT2D eigenvalue weighted by Crippen LogP contribution is -2.39. The average Bonchev–Trinajstić information content (AvgIpc) is 2.81. The quantitative estimate of drug-likeness (QED) is 0.537. The van der Waals surface area contributed by atoms with Crippen LogP contribution in [0.5, 0.6) is 11.5 Å². The maximum absolute atomic E-state index is 12.7. The molecule has 0 aliphatic heterocycles. The number of nitrogens with one attached hydrogen (secondary N) is 1. The Morgan fingerprint density at radius 3 is 2.32 bits per heavy atom. The summed E-state index contributed by atoms with van der Waals surface area (Å²) >= 11 is 0. The van der Waals surface area contributed by atoms with Crippen LogP contribution in [0.15, 0.2) is 42.5 Å². The predicted molar refractivity (Wildman–Crippen MR) is 122 cm³/mol. The van der Waals surface area contributed by atoms with E-state index in [0.717, 1.165) is 17.5 Å². The third kappa shape index (κ3) is 7.74. The fraction of sp³-hybridized carbons (Fsp3) is 0.346. The van der Waals surface area contributed by atoms with Crippen LogP contribution < -0.4 is 14.8 Å². The number of terminal acetylenes is 2. The summed E-state index contributed by atoms with van der Waals surface area (Å²) in [6, 6.07) is 13.8. The van der Waals surface area contributed by atoms with Crippen molar-refractivity contribution < 1.29 is 19.0 Å². The van der Waals surface area contributed by atoms with E-state index in [1.807, 2.05) is 30.3 Å². The maximum atomic E-state index is 12.7. The summed E-state index contributed by atoms with van der Waals surface area (Å²) in [4.78, 5) is 12.7. The second-order valence-corrected chi connectivity index (χ2v) is 6.90. The molecule has 5 heteroatoms. The Balaban J connectivity index is 1.94. The van der Waals surface area contributed by atoms with Crippen LogP contribution in [0.25, 0.3) is 0 Å². The molecule has 1 atom stereocenters. The summed E-state index contributed by atoms with van der Waals surface area (Å²) in [5.41, 5.74) is 3.28. The Morgan fingerprint density at radius 2 is 1.68 bits per heavy atom. The molecule has 2 aromatic rings. The number of hydrogen-bond donors (Lipinski definition) is 1. The molecule has 162 valence electrons. The van der Waals surface area contributed by atoms with E-state index in [0.29, 0.717) is 30.9 Å². The van der Waals surface area contributed by atoms with E-state index < -0.39 is 6.10 Å². The van der Waals surface area contributed by atoms with Crippen LogP contribution in [0.4, 0.5) is 0 Å². The first-order valence-corrected chi connectivity index (χ1v) is 10.2. The van der Waals surface area contributed by atoms with Gasteiger partial charge in [0.2, 0.25) is 5.91 Å². The van der Waals surface area contributed by atoms with E-state index >= 15 is 0 Å². The third-order valence-electron chi connectivity index (χ3n) is 4.76. The minimum atomic E-state index is -0.641. The van der Waals surface area contributed by atoms with Crippen molar-refractivity contribution in [2.75, 3.05) is 26.9 Å². The van der Waals surface area contributed by atoms with E-state index in [-0.39, 0.29) is 19.1 Å². The minimum Gasteiger partial charge on any atom is -0.493 e. The van der Waals surface area contributed by atoms with Gasteiger partial charge in [-0.05, 0) is 41.7 Å². The van der Waals surface area contributed by atoms with Gasteiger partial charge in [-0.3, -0.25) is 4.79 Å². The van der Waals surface area contributed by atoms with Gasteiger partial charge in [0.15, 0.2) is 11.5 Å². The van der Waals surface area contributed by atoms with Crippen molar-refractivity contribution in [2.24, 2.45) is 0 Å². The molecule has 2 rings (SSSR count). The van der Waals surface area contributed by atoms with Crippen molar-refractivity contribution in [3.63, 3.8) is 0 Å². The van der Waals surface area contributed by atoms with Crippen molar-refractivity contribution in [3.8, 4) is 36.2 Å². The number of benzene rings is 2. The molecule has 0 fully saturated rings. The second kappa shape index (κ2) is 13.0. The normalized spacial score (nSPS) is 11.1. The highest BCUT2D eigenvalue weighted by Gasteiger charge is 2.19. The number of rotatable bonds is 12. The highest BCUT2D eigenvalue weighted by atomic mass is 16.5. The Morgan fingerprint density at radius 1 is 1.00 bits per heavy atom. The van der Waals surface area contributed by atoms with Gasteiger partial charge >= 0.3 is 0 Å². The number of amides is 1. The Labute approximate surface area is 185 Å². The van der Waals surface area contributed by atoms with Crippen LogP contribution >= 0.6 is 0 Å². The Kier molecular flexibility index (Phi) is 10.0. The van der Waals surface area contributed by atoms with Gasteiger partial charge in [0.1, 0.15) is 19.3 Å². The van der Waals surface area contributed by atoms with Gasteiger partial charge in [0.05, 0.1) is 7.11 Å². The van der Waals surface area contributed by atoms with Crippen molar-refractivity contribution in [2.45, 2.75) is 32.3 Å². The number of carbonyl (C=O) groups excluding carboxylic acids is 1. The molecular weight excluding hydrogens is 390 g/mol. The van der Waals surface area contributed by atoms with E-state index in [4.69, 9.17) is 27.1 Å². The van der Waals surface area contributed by atoms with Gasteiger partial charge in [-0.15, -0.1) is 12.8 Å². The summed E-state index contributed by atoms with van der Waals surface area (Å²) in [7, 11) is 1.57. The first-order valence-electron chi connectivity index (χ1n) is 10.2. The molecule has 0 bridgehead atoms. The smallest absolute Gasteiger partial charge is 0.249 e. The summed E-state index contributed by atoms with van der Waals surface area (Å²) in [5.74, 6) is 5.86. The predicted octanol–water partition coefficient (Wildman–Crippen LogP) is 3.19. The van der Waals surface area contributed by atoms with Gasteiger partial charge < -0.3 is 19.5 Å². The molecule has 2 aromatic carbocycles. The van der Waals surface area contributed by atoms with Crippen molar-refractivity contribution in [1.82, 2.24) is 5.32 Å². The highest BCUT2D eigenvalue weighted by molar-refractivity contribution is 5.81. The molecule has 5 nitrogen and oxygen atoms in total. The lowest BCUT2D eigenvalue weighted by Gasteiger charge is -2.17. The average molecular weight is 420 g/mol. The standard InChI is InChI=1S/C26H29NO4/c1-5-16-30-23-13-12-22(18-24(23)29-4)14-15-27-26(28)25(31-17-6-2)19-21-10-8-20(7-3)9-11-21/h1-2,8-13,18,25H,7,14-17,19H2,3-4H3,(H,27,28)/t25-/m1/s1. The van der Waals surface area contributed by atoms with Crippen LogP contribution in [0.2, 0.25) is 0 Å². The molecule has 0 radical (unpaired) electrons. The van der Waals surface area contributed by atoms with Gasteiger partial charge in [0, 0.05) is 13.0 Å². The molecule has 0 heterocycles. The fourth-order valence-corrected chi connectivity index (χ4v) is 3.05. The van der Waals surface area contributed by atoms with Crippen molar-refractivity contribution in [3.05, 3.63) is 59.2 Å². The molecule has 1 N–H and O–H groups in total. The molecule has 0 spiro atoms. The number of aryl methyl sites for hydroxylation is 1. The SMILES string of the molecule is C#CCOc1ccc(CCNC(=O)[C@@H](Cc2ccc(CC)cc2)OCC#C)cc1OC. The number of ether oxygens (including phenoxy) is 3. The summed E-state index contributed by atoms with van der Waals surface area (Å²) in [6.45, 7) is 2.82. The van der Waals surface area contributed by atoms with Crippen LogP contribution in [-0.2, 0) is 28.8 Å². The first kappa shape index (κ1) is 23.9. The topological polar surface area (TPSA) is 56.8 Å². The monoisotopic (exact) mass is 419 g/mol. The third-order valence-corrected chi connectivity index (χ3v) is 4.76. The van der Waals surface area contributed by atoms with Crippen LogP contribution in [0, 0.1) is 24.7 Å². The van der Waals surface area contributed by atoms with E-state index in [1.54, 1.807) is 7.11 Å². The Bertz CT molecular complexity index is 922. The molecule has 0 saturated carbocycles.